The number of nitrogens with zero attached hydrogens (tertiary/aromatic N) is 4. The second kappa shape index (κ2) is 6.77. The number of carbonyl (C=O) groups excluding carboxylic acids is 1. The summed E-state index contributed by atoms with van der Waals surface area (Å²) in [5.41, 5.74) is 0.724. The van der Waals surface area contributed by atoms with Crippen molar-refractivity contribution >= 4 is 17.2 Å². The molecule has 0 aromatic carbocycles. The van der Waals surface area contributed by atoms with Gasteiger partial charge in [-0.25, -0.2) is 0 Å². The molecule has 8 heteroatoms. The van der Waals surface area contributed by atoms with Gasteiger partial charge in [-0.1, -0.05) is 0 Å². The highest BCUT2D eigenvalue weighted by Crippen LogP contribution is 2.20. The van der Waals surface area contributed by atoms with Crippen LogP contribution in [-0.4, -0.2) is 45.7 Å². The Morgan fingerprint density at radius 3 is 3.29 bits per heavy atom. The average molecular weight is 306 g/mol. The summed E-state index contributed by atoms with van der Waals surface area (Å²) in [5, 5.41) is 19.3. The van der Waals surface area contributed by atoms with Crippen LogP contribution in [0.2, 0.25) is 0 Å². The highest BCUT2D eigenvalue weighted by molar-refractivity contribution is 7.12. The molecule has 1 fully saturated rings. The summed E-state index contributed by atoms with van der Waals surface area (Å²) >= 11 is 1.40. The quantitative estimate of drug-likeness (QED) is 0.855. The number of carbonyl (C=O) groups is 1. The zero-order chi connectivity index (χ0) is 14.5. The van der Waals surface area contributed by atoms with Crippen LogP contribution in [0.4, 0.5) is 0 Å². The van der Waals surface area contributed by atoms with E-state index in [-0.39, 0.29) is 5.91 Å². The molecule has 112 valence electrons. The molecule has 0 saturated carbocycles. The maximum Gasteiger partial charge on any atom is 0.263 e. The fourth-order valence-corrected chi connectivity index (χ4v) is 3.36. The number of hydrogen-bond acceptors (Lipinski definition) is 6. The third-order valence-corrected chi connectivity index (χ3v) is 4.59. The van der Waals surface area contributed by atoms with E-state index in [1.165, 1.54) is 35.2 Å². The van der Waals surface area contributed by atoms with Gasteiger partial charge < -0.3 is 10.6 Å². The molecule has 1 unspecified atom stereocenters. The Bertz CT molecular complexity index is 575. The van der Waals surface area contributed by atoms with Gasteiger partial charge in [0, 0.05) is 6.54 Å². The summed E-state index contributed by atoms with van der Waals surface area (Å²) in [6.45, 7) is 2.89. The molecule has 2 aromatic heterocycles. The fourth-order valence-electron chi connectivity index (χ4n) is 2.56. The first-order valence-corrected chi connectivity index (χ1v) is 8.02. The fraction of sp³-hybridized carbons (Fsp3) is 0.538. The standard InChI is InChI=1S/C13H18N6OS/c20-13(15-6-3-10-2-1-5-14-8-10)12-11(4-7-21-12)19-9-16-17-18-19/h4,7,9-10,14H,1-3,5-6,8H2,(H,15,20). The highest BCUT2D eigenvalue weighted by atomic mass is 32.1. The first-order chi connectivity index (χ1) is 10.3. The van der Waals surface area contributed by atoms with Crippen LogP contribution < -0.4 is 10.6 Å². The topological polar surface area (TPSA) is 84.7 Å². The van der Waals surface area contributed by atoms with E-state index in [2.05, 4.69) is 26.2 Å². The summed E-state index contributed by atoms with van der Waals surface area (Å²) in [5.74, 6) is 0.612. The predicted molar refractivity (Wildman–Crippen MR) is 79.6 cm³/mol. The molecule has 0 radical (unpaired) electrons. The van der Waals surface area contributed by atoms with Crippen LogP contribution in [0, 0.1) is 5.92 Å². The number of nitrogens with one attached hydrogen (secondary N) is 2. The minimum Gasteiger partial charge on any atom is -0.351 e. The van der Waals surface area contributed by atoms with Crippen molar-refractivity contribution in [1.29, 1.82) is 0 Å². The number of tetrazole rings is 1. The zero-order valence-electron chi connectivity index (χ0n) is 11.7. The molecule has 1 amide bonds. The van der Waals surface area contributed by atoms with Crippen LogP contribution in [-0.2, 0) is 0 Å². The molecule has 1 aliphatic rings. The van der Waals surface area contributed by atoms with E-state index in [1.54, 1.807) is 0 Å². The number of rotatable bonds is 5. The van der Waals surface area contributed by atoms with Crippen LogP contribution >= 0.6 is 11.3 Å². The number of aromatic nitrogens is 4. The van der Waals surface area contributed by atoms with Gasteiger partial charge in [0.15, 0.2) is 0 Å². The van der Waals surface area contributed by atoms with Crippen molar-refractivity contribution in [2.45, 2.75) is 19.3 Å². The summed E-state index contributed by atoms with van der Waals surface area (Å²) in [4.78, 5) is 12.9. The molecule has 21 heavy (non-hydrogen) atoms. The van der Waals surface area contributed by atoms with Crippen LogP contribution in [0.3, 0.4) is 0 Å². The SMILES string of the molecule is O=C(NCCC1CCCNC1)c1sccc1-n1cnnn1. The molecule has 0 spiro atoms. The Morgan fingerprint density at radius 1 is 1.57 bits per heavy atom. The summed E-state index contributed by atoms with van der Waals surface area (Å²) in [6.07, 6.45) is 4.99. The van der Waals surface area contributed by atoms with Crippen LogP contribution in [0.25, 0.3) is 5.69 Å². The van der Waals surface area contributed by atoms with Crippen LogP contribution in [0.15, 0.2) is 17.8 Å². The number of thiophene rings is 1. The molecule has 3 heterocycles. The number of amides is 1. The van der Waals surface area contributed by atoms with E-state index in [0.29, 0.717) is 17.3 Å². The summed E-state index contributed by atoms with van der Waals surface area (Å²) in [6, 6.07) is 1.85. The maximum absolute atomic E-state index is 12.3. The molecule has 7 nitrogen and oxygen atoms in total. The van der Waals surface area contributed by atoms with Gasteiger partial charge in [-0.2, -0.15) is 4.68 Å². The van der Waals surface area contributed by atoms with Crippen molar-refractivity contribution in [3.05, 3.63) is 22.7 Å². The second-order valence-electron chi connectivity index (χ2n) is 5.15. The first kappa shape index (κ1) is 14.2. The minimum absolute atomic E-state index is 0.0562. The first-order valence-electron chi connectivity index (χ1n) is 7.14. The van der Waals surface area contributed by atoms with E-state index < -0.39 is 0 Å². The Kier molecular flexibility index (Phi) is 4.56. The normalized spacial score (nSPS) is 18.6. The Labute approximate surface area is 126 Å². The third kappa shape index (κ3) is 3.45. The van der Waals surface area contributed by atoms with Gasteiger partial charge in [-0.05, 0) is 60.1 Å². The lowest BCUT2D eigenvalue weighted by Crippen LogP contribution is -2.33. The molecule has 1 atom stereocenters. The van der Waals surface area contributed by atoms with Crippen molar-refractivity contribution in [3.63, 3.8) is 0 Å². The second-order valence-corrected chi connectivity index (χ2v) is 6.06. The van der Waals surface area contributed by atoms with E-state index in [9.17, 15) is 4.79 Å². The summed E-state index contributed by atoms with van der Waals surface area (Å²) < 4.78 is 1.51. The Hall–Kier alpha value is -1.80. The lowest BCUT2D eigenvalue weighted by Gasteiger charge is -2.22. The predicted octanol–water partition coefficient (Wildman–Crippen LogP) is 0.843. The highest BCUT2D eigenvalue weighted by Gasteiger charge is 2.17. The van der Waals surface area contributed by atoms with Gasteiger partial charge in [0.1, 0.15) is 11.2 Å². The molecule has 1 saturated heterocycles. The largest absolute Gasteiger partial charge is 0.351 e. The molecule has 2 N–H and O–H groups in total. The smallest absolute Gasteiger partial charge is 0.263 e. The Balaban J connectivity index is 1.55. The molecule has 1 aliphatic heterocycles. The van der Waals surface area contributed by atoms with Gasteiger partial charge in [0.2, 0.25) is 0 Å². The molecule has 0 aliphatic carbocycles. The van der Waals surface area contributed by atoms with Gasteiger partial charge >= 0.3 is 0 Å². The van der Waals surface area contributed by atoms with Crippen molar-refractivity contribution < 1.29 is 4.79 Å². The molecule has 0 bridgehead atoms. The molecule has 2 aromatic rings. The monoisotopic (exact) mass is 306 g/mol. The minimum atomic E-state index is -0.0562. The maximum atomic E-state index is 12.3. The number of hydrogen-bond donors (Lipinski definition) is 2. The Morgan fingerprint density at radius 2 is 2.52 bits per heavy atom. The lowest BCUT2D eigenvalue weighted by molar-refractivity contribution is 0.0954. The van der Waals surface area contributed by atoms with E-state index >= 15 is 0 Å². The van der Waals surface area contributed by atoms with Crippen LogP contribution in [0.5, 0.6) is 0 Å². The van der Waals surface area contributed by atoms with Crippen molar-refractivity contribution in [2.75, 3.05) is 19.6 Å². The lowest BCUT2D eigenvalue weighted by atomic mass is 9.96. The van der Waals surface area contributed by atoms with Gasteiger partial charge in [-0.3, -0.25) is 4.79 Å². The van der Waals surface area contributed by atoms with Crippen molar-refractivity contribution in [2.24, 2.45) is 5.92 Å². The molecular weight excluding hydrogens is 288 g/mol. The number of piperidine rings is 1. The zero-order valence-corrected chi connectivity index (χ0v) is 12.5. The molecule has 3 rings (SSSR count). The van der Waals surface area contributed by atoms with E-state index in [0.717, 1.165) is 25.2 Å². The third-order valence-electron chi connectivity index (χ3n) is 3.68. The van der Waals surface area contributed by atoms with Gasteiger partial charge in [-0.15, -0.1) is 16.4 Å². The average Bonchev–Trinajstić information content (AvgIpc) is 3.19. The van der Waals surface area contributed by atoms with E-state index in [1.807, 2.05) is 11.4 Å². The van der Waals surface area contributed by atoms with Crippen molar-refractivity contribution in [1.82, 2.24) is 30.8 Å². The van der Waals surface area contributed by atoms with Crippen LogP contribution in [0.1, 0.15) is 28.9 Å². The van der Waals surface area contributed by atoms with Gasteiger partial charge in [0.25, 0.3) is 5.91 Å². The summed E-state index contributed by atoms with van der Waals surface area (Å²) in [7, 11) is 0. The van der Waals surface area contributed by atoms with E-state index in [4.69, 9.17) is 0 Å². The molecular formula is C13H18N6OS. The van der Waals surface area contributed by atoms with Crippen molar-refractivity contribution in [3.8, 4) is 5.69 Å². The van der Waals surface area contributed by atoms with Gasteiger partial charge in [0.05, 0.1) is 5.69 Å².